The van der Waals surface area contributed by atoms with E-state index < -0.39 is 8.07 Å². The summed E-state index contributed by atoms with van der Waals surface area (Å²) in [7, 11) is -1.13. The van der Waals surface area contributed by atoms with Gasteiger partial charge in [-0.25, -0.2) is 0 Å². The fraction of sp³-hybridized carbons (Fsp3) is 0.444. The summed E-state index contributed by atoms with van der Waals surface area (Å²) < 4.78 is 0. The van der Waals surface area contributed by atoms with E-state index in [9.17, 15) is 0 Å². The quantitative estimate of drug-likeness (QED) is 0.655. The fourth-order valence-electron chi connectivity index (χ4n) is 2.68. The zero-order chi connectivity index (χ0) is 14.2. The molecule has 0 atom stereocenters. The van der Waals surface area contributed by atoms with Gasteiger partial charge in [0.25, 0.3) is 0 Å². The maximum atomic E-state index is 2.47. The van der Waals surface area contributed by atoms with Crippen LogP contribution in [0.25, 0.3) is 0 Å². The summed E-state index contributed by atoms with van der Waals surface area (Å²) in [6, 6.07) is 4.70. The zero-order valence-electron chi connectivity index (χ0n) is 13.2. The number of rotatable bonds is 3. The van der Waals surface area contributed by atoms with Crippen LogP contribution >= 0.6 is 0 Å². The molecule has 102 valence electrons. The van der Waals surface area contributed by atoms with Crippen LogP contribution in [-0.2, 0) is 6.42 Å². The fourth-order valence-corrected chi connectivity index (χ4v) is 4.03. The Balaban J connectivity index is 2.19. The molecule has 1 heteroatoms. The number of hydrogen-bond acceptors (Lipinski definition) is 0. The van der Waals surface area contributed by atoms with Gasteiger partial charge in [-0.3, -0.25) is 0 Å². The molecular formula is C18H26Si. The molecule has 0 fully saturated rings. The van der Waals surface area contributed by atoms with Crippen LogP contribution in [-0.4, -0.2) is 8.07 Å². The molecular weight excluding hydrogens is 244 g/mol. The first kappa shape index (κ1) is 14.3. The molecule has 0 heterocycles. The Hall–Kier alpha value is -1.08. The molecule has 1 aliphatic carbocycles. The minimum absolute atomic E-state index is 1.12. The average molecular weight is 270 g/mol. The molecule has 0 unspecified atom stereocenters. The maximum Gasteiger partial charge on any atom is 0.0771 e. The van der Waals surface area contributed by atoms with Gasteiger partial charge >= 0.3 is 0 Å². The van der Waals surface area contributed by atoms with E-state index in [1.807, 2.05) is 0 Å². The summed E-state index contributed by atoms with van der Waals surface area (Å²) in [4.78, 5) is 0. The summed E-state index contributed by atoms with van der Waals surface area (Å²) in [5.41, 5.74) is 7.34. The Morgan fingerprint density at radius 1 is 0.947 bits per heavy atom. The molecule has 0 aromatic heterocycles. The lowest BCUT2D eigenvalue weighted by Crippen LogP contribution is -2.21. The van der Waals surface area contributed by atoms with Gasteiger partial charge in [-0.1, -0.05) is 54.7 Å². The summed E-state index contributed by atoms with van der Waals surface area (Å²) in [5, 5.41) is 1.63. The molecule has 0 N–H and O–H groups in total. The molecule has 0 radical (unpaired) electrons. The van der Waals surface area contributed by atoms with Gasteiger partial charge in [-0.2, -0.15) is 0 Å². The summed E-state index contributed by atoms with van der Waals surface area (Å²) in [5.74, 6) is 0. The molecule has 0 spiro atoms. The van der Waals surface area contributed by atoms with E-state index in [-0.39, 0.29) is 0 Å². The van der Waals surface area contributed by atoms with E-state index in [0.717, 1.165) is 12.8 Å². The molecule has 0 saturated carbocycles. The van der Waals surface area contributed by atoms with Gasteiger partial charge in [0.1, 0.15) is 0 Å². The molecule has 0 bridgehead atoms. The third kappa shape index (κ3) is 3.27. The van der Waals surface area contributed by atoms with Crippen molar-refractivity contribution in [3.63, 3.8) is 0 Å². The lowest BCUT2D eigenvalue weighted by molar-refractivity contribution is 1.06. The van der Waals surface area contributed by atoms with Crippen molar-refractivity contribution in [3.05, 3.63) is 57.3 Å². The molecule has 1 aromatic carbocycles. The van der Waals surface area contributed by atoms with Crippen LogP contribution in [0.2, 0.25) is 19.6 Å². The predicted octanol–water partition coefficient (Wildman–Crippen LogP) is 5.29. The van der Waals surface area contributed by atoms with Crippen molar-refractivity contribution in [3.8, 4) is 0 Å². The van der Waals surface area contributed by atoms with Crippen molar-refractivity contribution in [2.45, 2.75) is 53.3 Å². The Kier molecular flexibility index (Phi) is 3.87. The smallest absolute Gasteiger partial charge is 0.0771 e. The second kappa shape index (κ2) is 5.13. The monoisotopic (exact) mass is 270 g/mol. The van der Waals surface area contributed by atoms with E-state index in [0.29, 0.717) is 0 Å². The van der Waals surface area contributed by atoms with Crippen molar-refractivity contribution in [2.24, 2.45) is 0 Å². The second-order valence-corrected chi connectivity index (χ2v) is 12.0. The summed E-state index contributed by atoms with van der Waals surface area (Å²) >= 11 is 0. The SMILES string of the molecule is Cc1cc(C)c(CC2=CC([Si](C)(C)C)=CC2)cc1C. The van der Waals surface area contributed by atoms with E-state index in [1.54, 1.807) is 10.8 Å². The molecule has 0 amide bonds. The second-order valence-electron chi connectivity index (χ2n) is 6.96. The lowest BCUT2D eigenvalue weighted by Gasteiger charge is -2.15. The van der Waals surface area contributed by atoms with E-state index in [4.69, 9.17) is 0 Å². The minimum Gasteiger partial charge on any atom is -0.0812 e. The maximum absolute atomic E-state index is 2.47. The number of hydrogen-bond donors (Lipinski definition) is 0. The van der Waals surface area contributed by atoms with Crippen molar-refractivity contribution in [1.29, 1.82) is 0 Å². The van der Waals surface area contributed by atoms with Crippen molar-refractivity contribution in [2.75, 3.05) is 0 Å². The standard InChI is InChI=1S/C18H26Si/c1-13-9-15(3)17(10-14(13)2)11-16-7-8-18(12-16)19(4,5)6/h8-10,12H,7,11H2,1-6H3. The average Bonchev–Trinajstić information content (AvgIpc) is 2.74. The zero-order valence-corrected chi connectivity index (χ0v) is 14.2. The molecule has 1 aliphatic rings. The summed E-state index contributed by atoms with van der Waals surface area (Å²) in [6.07, 6.45) is 7.21. The highest BCUT2D eigenvalue weighted by Gasteiger charge is 2.21. The van der Waals surface area contributed by atoms with Gasteiger partial charge in [0, 0.05) is 0 Å². The Labute approximate surface area is 119 Å². The first-order valence-electron chi connectivity index (χ1n) is 7.24. The predicted molar refractivity (Wildman–Crippen MR) is 88.5 cm³/mol. The highest BCUT2D eigenvalue weighted by molar-refractivity contribution is 6.83. The van der Waals surface area contributed by atoms with E-state index in [1.165, 1.54) is 22.3 Å². The van der Waals surface area contributed by atoms with Gasteiger partial charge in [0.15, 0.2) is 0 Å². The Morgan fingerprint density at radius 3 is 2.16 bits per heavy atom. The van der Waals surface area contributed by atoms with Crippen LogP contribution in [0.3, 0.4) is 0 Å². The minimum atomic E-state index is -1.13. The lowest BCUT2D eigenvalue weighted by atomic mass is 9.95. The van der Waals surface area contributed by atoms with E-state index >= 15 is 0 Å². The van der Waals surface area contributed by atoms with Crippen molar-refractivity contribution >= 4 is 8.07 Å². The first-order chi connectivity index (χ1) is 8.77. The van der Waals surface area contributed by atoms with Crippen LogP contribution in [0.1, 0.15) is 28.7 Å². The largest absolute Gasteiger partial charge is 0.0812 e. The molecule has 19 heavy (non-hydrogen) atoms. The van der Waals surface area contributed by atoms with Gasteiger partial charge < -0.3 is 0 Å². The Morgan fingerprint density at radius 2 is 1.58 bits per heavy atom. The molecule has 0 saturated heterocycles. The number of allylic oxidation sites excluding steroid dienone is 4. The van der Waals surface area contributed by atoms with Gasteiger partial charge in [-0.05, 0) is 55.9 Å². The van der Waals surface area contributed by atoms with Crippen LogP contribution in [0, 0.1) is 20.8 Å². The number of benzene rings is 1. The van der Waals surface area contributed by atoms with Gasteiger partial charge in [0.2, 0.25) is 0 Å². The van der Waals surface area contributed by atoms with Crippen molar-refractivity contribution < 1.29 is 0 Å². The van der Waals surface area contributed by atoms with Crippen LogP contribution in [0.5, 0.6) is 0 Å². The third-order valence-corrected chi connectivity index (χ3v) is 6.26. The van der Waals surface area contributed by atoms with Crippen LogP contribution in [0.4, 0.5) is 0 Å². The van der Waals surface area contributed by atoms with Crippen LogP contribution < -0.4 is 0 Å². The van der Waals surface area contributed by atoms with E-state index in [2.05, 4.69) is 64.7 Å². The number of aryl methyl sites for hydroxylation is 3. The highest BCUT2D eigenvalue weighted by atomic mass is 28.3. The normalized spacial score (nSPS) is 15.5. The van der Waals surface area contributed by atoms with Gasteiger partial charge in [-0.15, -0.1) is 0 Å². The topological polar surface area (TPSA) is 0 Å². The summed E-state index contributed by atoms with van der Waals surface area (Å²) in [6.45, 7) is 13.9. The third-order valence-electron chi connectivity index (χ3n) is 4.18. The molecule has 0 nitrogen and oxygen atoms in total. The van der Waals surface area contributed by atoms with Crippen LogP contribution in [0.15, 0.2) is 35.1 Å². The molecule has 2 rings (SSSR count). The first-order valence-corrected chi connectivity index (χ1v) is 10.7. The molecule has 1 aromatic rings. The van der Waals surface area contributed by atoms with Crippen molar-refractivity contribution in [1.82, 2.24) is 0 Å². The highest BCUT2D eigenvalue weighted by Crippen LogP contribution is 2.28. The molecule has 0 aliphatic heterocycles. The van der Waals surface area contributed by atoms with Gasteiger partial charge in [0.05, 0.1) is 8.07 Å². The Bertz CT molecular complexity index is 554.